The summed E-state index contributed by atoms with van der Waals surface area (Å²) in [4.78, 5) is 28.2. The van der Waals surface area contributed by atoms with E-state index in [1.54, 1.807) is 12.1 Å². The van der Waals surface area contributed by atoms with Gasteiger partial charge in [-0.1, -0.05) is 6.07 Å². The first kappa shape index (κ1) is 23.2. The highest BCUT2D eigenvalue weighted by atomic mass is 32.1. The van der Waals surface area contributed by atoms with E-state index in [0.717, 1.165) is 18.8 Å². The molecule has 1 aromatic carbocycles. The second-order valence-electron chi connectivity index (χ2n) is 7.69. The number of ether oxygens (including phenoxy) is 2. The van der Waals surface area contributed by atoms with Crippen LogP contribution in [0.4, 0.5) is 18.3 Å². The summed E-state index contributed by atoms with van der Waals surface area (Å²) in [6.45, 7) is 3.73. The van der Waals surface area contributed by atoms with Crippen LogP contribution in [0.3, 0.4) is 0 Å². The maximum Gasteiger partial charge on any atom is 0.573 e. The highest BCUT2D eigenvalue weighted by Crippen LogP contribution is 2.26. The smallest absolute Gasteiger partial charge is 0.406 e. The quantitative estimate of drug-likeness (QED) is 0.426. The predicted octanol–water partition coefficient (Wildman–Crippen LogP) is 3.86. The molecule has 0 spiro atoms. The van der Waals surface area contributed by atoms with E-state index in [1.807, 2.05) is 5.38 Å². The molecule has 0 unspecified atom stereocenters. The Morgan fingerprint density at radius 2 is 2.00 bits per heavy atom. The van der Waals surface area contributed by atoms with Crippen LogP contribution in [0.1, 0.15) is 16.2 Å². The van der Waals surface area contributed by atoms with E-state index in [1.165, 1.54) is 46.5 Å². The van der Waals surface area contributed by atoms with E-state index >= 15 is 0 Å². The van der Waals surface area contributed by atoms with Crippen LogP contribution in [0, 0.1) is 0 Å². The molecule has 4 heterocycles. The fourth-order valence-corrected chi connectivity index (χ4v) is 4.32. The first-order valence-corrected chi connectivity index (χ1v) is 11.5. The van der Waals surface area contributed by atoms with Crippen LogP contribution in [0.15, 0.2) is 48.1 Å². The van der Waals surface area contributed by atoms with Gasteiger partial charge >= 0.3 is 6.36 Å². The largest absolute Gasteiger partial charge is 0.573 e. The molecule has 1 N–H and O–H groups in total. The van der Waals surface area contributed by atoms with Gasteiger partial charge in [-0.15, -0.1) is 24.5 Å². The molecule has 13 heteroatoms. The van der Waals surface area contributed by atoms with Crippen molar-refractivity contribution in [2.45, 2.75) is 12.9 Å². The average Bonchev–Trinajstić information content (AvgIpc) is 3.45. The van der Waals surface area contributed by atoms with Crippen molar-refractivity contribution in [3.63, 3.8) is 0 Å². The van der Waals surface area contributed by atoms with Gasteiger partial charge < -0.3 is 9.47 Å². The Labute approximate surface area is 201 Å². The van der Waals surface area contributed by atoms with E-state index in [0.29, 0.717) is 41.7 Å². The van der Waals surface area contributed by atoms with Gasteiger partial charge in [0.05, 0.1) is 24.6 Å². The average molecular weight is 504 g/mol. The maximum atomic E-state index is 12.8. The zero-order valence-corrected chi connectivity index (χ0v) is 19.0. The Balaban J connectivity index is 1.33. The summed E-state index contributed by atoms with van der Waals surface area (Å²) in [7, 11) is 0. The Hall–Kier alpha value is -3.55. The molecule has 1 fully saturated rings. The number of carbonyl (C=O) groups is 1. The van der Waals surface area contributed by atoms with Gasteiger partial charge in [0.2, 0.25) is 0 Å². The molecule has 0 saturated carbocycles. The minimum atomic E-state index is -4.81. The molecule has 0 bridgehead atoms. The van der Waals surface area contributed by atoms with Crippen molar-refractivity contribution < 1.29 is 27.4 Å². The van der Waals surface area contributed by atoms with Crippen molar-refractivity contribution in [3.05, 3.63) is 59.5 Å². The summed E-state index contributed by atoms with van der Waals surface area (Å²) in [6, 6.07) is 8.58. The van der Waals surface area contributed by atoms with Crippen LogP contribution < -0.4 is 10.1 Å². The number of amides is 1. The summed E-state index contributed by atoms with van der Waals surface area (Å²) in [5.74, 6) is -0.830. The molecular formula is C22H19F3N6O3S. The van der Waals surface area contributed by atoms with Gasteiger partial charge in [-0.05, 0) is 24.3 Å². The first-order valence-electron chi connectivity index (χ1n) is 10.6. The second kappa shape index (κ2) is 9.60. The Morgan fingerprint density at radius 3 is 2.80 bits per heavy atom. The zero-order chi connectivity index (χ0) is 24.4. The topological polar surface area (TPSA) is 94.4 Å². The molecule has 1 saturated heterocycles. The number of nitrogens with zero attached hydrogens (tertiary/aromatic N) is 5. The van der Waals surface area contributed by atoms with Gasteiger partial charge in [0.25, 0.3) is 5.91 Å². The van der Waals surface area contributed by atoms with Crippen LogP contribution >= 0.6 is 11.3 Å². The molecule has 35 heavy (non-hydrogen) atoms. The highest BCUT2D eigenvalue weighted by Gasteiger charge is 2.31. The lowest BCUT2D eigenvalue weighted by atomic mass is 10.3. The van der Waals surface area contributed by atoms with Crippen LogP contribution in [0.5, 0.6) is 5.75 Å². The van der Waals surface area contributed by atoms with Crippen molar-refractivity contribution in [1.82, 2.24) is 24.4 Å². The van der Waals surface area contributed by atoms with E-state index < -0.39 is 12.3 Å². The van der Waals surface area contributed by atoms with E-state index in [2.05, 4.69) is 29.9 Å². The molecule has 9 nitrogen and oxygen atoms in total. The molecule has 5 rings (SSSR count). The fraction of sp³-hybridized carbons (Fsp3) is 0.273. The summed E-state index contributed by atoms with van der Waals surface area (Å²) in [5, 5.41) is 5.10. The molecular weight excluding hydrogens is 485 g/mol. The van der Waals surface area contributed by atoms with Gasteiger partial charge in [-0.3, -0.25) is 19.6 Å². The van der Waals surface area contributed by atoms with Gasteiger partial charge in [0, 0.05) is 31.1 Å². The second-order valence-corrected chi connectivity index (χ2v) is 8.54. The van der Waals surface area contributed by atoms with E-state index in [9.17, 15) is 18.0 Å². The number of pyridine rings is 1. The lowest BCUT2D eigenvalue weighted by Crippen LogP contribution is -2.35. The summed E-state index contributed by atoms with van der Waals surface area (Å²) in [6.07, 6.45) is -3.39. The number of carbonyl (C=O) groups excluding carboxylic acids is 1. The Kier molecular flexibility index (Phi) is 6.36. The summed E-state index contributed by atoms with van der Waals surface area (Å²) < 4.78 is 48.6. The standard InChI is InChI=1S/C22H19F3N6O3S/c23-22(24,25)34-16-3-1-2-15(10-16)31-13-26-17-4-5-18(28-19(17)31)20(32)29-21-27-14(12-35-21)11-30-6-8-33-9-7-30/h1-5,10,12-13H,6-9,11H2,(H,27,29,32). The number of imidazole rings is 1. The van der Waals surface area contributed by atoms with E-state index in [4.69, 9.17) is 4.74 Å². The Morgan fingerprint density at radius 1 is 1.17 bits per heavy atom. The molecule has 0 aliphatic carbocycles. The zero-order valence-electron chi connectivity index (χ0n) is 18.2. The van der Waals surface area contributed by atoms with Crippen molar-refractivity contribution in [2.75, 3.05) is 31.6 Å². The van der Waals surface area contributed by atoms with Crippen molar-refractivity contribution in [2.24, 2.45) is 0 Å². The number of halogens is 3. The maximum absolute atomic E-state index is 12.8. The van der Waals surface area contributed by atoms with Crippen molar-refractivity contribution in [1.29, 1.82) is 0 Å². The van der Waals surface area contributed by atoms with Gasteiger partial charge in [0.15, 0.2) is 10.8 Å². The number of alkyl halides is 3. The van der Waals surface area contributed by atoms with Crippen molar-refractivity contribution in [3.8, 4) is 11.4 Å². The summed E-state index contributed by atoms with van der Waals surface area (Å²) >= 11 is 1.32. The number of hydrogen-bond acceptors (Lipinski definition) is 8. The first-order chi connectivity index (χ1) is 16.8. The third kappa shape index (κ3) is 5.58. The minimum Gasteiger partial charge on any atom is -0.406 e. The molecule has 4 aromatic rings. The van der Waals surface area contributed by atoms with Crippen LogP contribution in [0.25, 0.3) is 16.9 Å². The number of benzene rings is 1. The molecule has 0 radical (unpaired) electrons. The van der Waals surface area contributed by atoms with Crippen LogP contribution in [-0.2, 0) is 11.3 Å². The highest BCUT2D eigenvalue weighted by molar-refractivity contribution is 7.13. The van der Waals surface area contributed by atoms with E-state index in [-0.39, 0.29) is 11.4 Å². The van der Waals surface area contributed by atoms with Crippen LogP contribution in [0.2, 0.25) is 0 Å². The third-order valence-corrected chi connectivity index (χ3v) is 6.03. The monoisotopic (exact) mass is 504 g/mol. The third-order valence-electron chi connectivity index (χ3n) is 5.22. The summed E-state index contributed by atoms with van der Waals surface area (Å²) in [5.41, 5.74) is 2.12. The fourth-order valence-electron chi connectivity index (χ4n) is 3.63. The van der Waals surface area contributed by atoms with Crippen LogP contribution in [-0.4, -0.2) is 63.0 Å². The number of thiazole rings is 1. The van der Waals surface area contributed by atoms with Gasteiger partial charge in [-0.2, -0.15) is 0 Å². The molecule has 1 amide bonds. The predicted molar refractivity (Wildman–Crippen MR) is 122 cm³/mol. The number of rotatable bonds is 6. The number of anilines is 1. The lowest BCUT2D eigenvalue weighted by molar-refractivity contribution is -0.274. The number of fused-ring (bicyclic) bond motifs is 1. The van der Waals surface area contributed by atoms with Crippen molar-refractivity contribution >= 4 is 33.5 Å². The SMILES string of the molecule is O=C(Nc1nc(CN2CCOCC2)cs1)c1ccc2ncn(-c3cccc(OC(F)(F)F)c3)c2n1. The molecule has 3 aromatic heterocycles. The number of hydrogen-bond donors (Lipinski definition) is 1. The number of aromatic nitrogens is 4. The number of nitrogens with one attached hydrogen (secondary N) is 1. The molecule has 0 atom stereocenters. The van der Waals surface area contributed by atoms with Gasteiger partial charge in [0.1, 0.15) is 23.3 Å². The van der Waals surface area contributed by atoms with Gasteiger partial charge in [-0.25, -0.2) is 15.0 Å². The Bertz CT molecular complexity index is 1350. The lowest BCUT2D eigenvalue weighted by Gasteiger charge is -2.25. The molecule has 1 aliphatic rings. The number of morpholine rings is 1. The minimum absolute atomic E-state index is 0.117. The molecule has 1 aliphatic heterocycles. The normalized spacial score (nSPS) is 14.8. The molecule has 182 valence electrons.